The molecular formula is C22H29ClF2N6O. The molecule has 2 aromatic heterocycles. The number of benzene rings is 2. The predicted octanol–water partition coefficient (Wildman–Crippen LogP) is 4.55. The molecule has 2 aromatic carbocycles. The normalized spacial score (nSPS) is 15.6. The maximum absolute atomic E-state index is 13.8. The van der Waals surface area contributed by atoms with Crippen LogP contribution in [-0.2, 0) is 17.8 Å². The first-order chi connectivity index (χ1) is 14.6. The summed E-state index contributed by atoms with van der Waals surface area (Å²) in [4.78, 5) is 0. The minimum absolute atomic E-state index is 0. The van der Waals surface area contributed by atoms with Gasteiger partial charge < -0.3 is 16.2 Å². The summed E-state index contributed by atoms with van der Waals surface area (Å²) in [7, 11) is 0. The van der Waals surface area contributed by atoms with E-state index < -0.39 is 0 Å². The van der Waals surface area contributed by atoms with Crippen LogP contribution in [0.4, 0.5) is 8.78 Å². The van der Waals surface area contributed by atoms with Crippen LogP contribution in [-0.4, -0.2) is 26.6 Å². The van der Waals surface area contributed by atoms with E-state index in [0.717, 1.165) is 42.2 Å². The van der Waals surface area contributed by atoms with Crippen molar-refractivity contribution in [2.24, 2.45) is 11.5 Å². The maximum atomic E-state index is 13.8. The minimum atomic E-state index is -0.283. The molecule has 0 bridgehead atoms. The average Bonchev–Trinajstić information content (AvgIpc) is 3.39. The van der Waals surface area contributed by atoms with Crippen molar-refractivity contribution in [3.63, 3.8) is 0 Å². The van der Waals surface area contributed by atoms with Gasteiger partial charge in [0.05, 0.1) is 23.4 Å². The van der Waals surface area contributed by atoms with Crippen LogP contribution in [0.3, 0.4) is 0 Å². The van der Waals surface area contributed by atoms with Crippen molar-refractivity contribution in [3.05, 3.63) is 59.4 Å². The van der Waals surface area contributed by atoms with Gasteiger partial charge in [0.25, 0.3) is 0 Å². The third-order valence-corrected chi connectivity index (χ3v) is 5.24. The van der Waals surface area contributed by atoms with E-state index in [2.05, 4.69) is 15.3 Å². The standard InChI is InChI=1S/C13H16FN3O.C8H8FN3.CH4.ClH/c14-11-6-12-10(5-9(11)7-15)8-16-17(12)13-3-1-2-4-18-13;9-7-2-8-6(4-11-12-8)1-5(7)3-10;;/h5-6,8,13H,1-4,7,15H2;1-2,4H,3,10H2,(H,11,12);1H4;1H. The Morgan fingerprint density at radius 3 is 2.34 bits per heavy atom. The van der Waals surface area contributed by atoms with Crippen LogP contribution in [0, 0.1) is 11.6 Å². The molecule has 10 heteroatoms. The molecule has 1 aliphatic heterocycles. The van der Waals surface area contributed by atoms with Crippen molar-refractivity contribution in [2.75, 3.05) is 6.61 Å². The van der Waals surface area contributed by atoms with Crippen molar-refractivity contribution < 1.29 is 13.5 Å². The fourth-order valence-corrected chi connectivity index (χ4v) is 3.59. The summed E-state index contributed by atoms with van der Waals surface area (Å²) >= 11 is 0. The summed E-state index contributed by atoms with van der Waals surface area (Å²) in [6.07, 6.45) is 6.45. The largest absolute Gasteiger partial charge is 0.356 e. The average molecular weight is 467 g/mol. The quantitative estimate of drug-likeness (QED) is 0.410. The Balaban J connectivity index is 0.000000229. The Hall–Kier alpha value is -2.59. The first-order valence-electron chi connectivity index (χ1n) is 9.89. The second-order valence-corrected chi connectivity index (χ2v) is 7.22. The lowest BCUT2D eigenvalue weighted by atomic mass is 10.1. The van der Waals surface area contributed by atoms with E-state index in [4.69, 9.17) is 16.2 Å². The van der Waals surface area contributed by atoms with Gasteiger partial charge in [0.2, 0.25) is 0 Å². The third-order valence-electron chi connectivity index (χ3n) is 5.24. The number of aromatic nitrogens is 4. The van der Waals surface area contributed by atoms with Gasteiger partial charge >= 0.3 is 0 Å². The van der Waals surface area contributed by atoms with Gasteiger partial charge in [-0.05, 0) is 37.5 Å². The van der Waals surface area contributed by atoms with E-state index in [-0.39, 0.29) is 50.8 Å². The molecule has 0 saturated carbocycles. The minimum Gasteiger partial charge on any atom is -0.356 e. The Bertz CT molecular complexity index is 1160. The molecule has 1 atom stereocenters. The lowest BCUT2D eigenvalue weighted by Gasteiger charge is -2.23. The van der Waals surface area contributed by atoms with Gasteiger partial charge in [-0.15, -0.1) is 12.4 Å². The highest BCUT2D eigenvalue weighted by molar-refractivity contribution is 5.85. The van der Waals surface area contributed by atoms with Crippen molar-refractivity contribution >= 4 is 34.2 Å². The van der Waals surface area contributed by atoms with E-state index in [1.807, 2.05) is 0 Å². The lowest BCUT2D eigenvalue weighted by molar-refractivity contribution is -0.0366. The number of halogens is 3. The zero-order chi connectivity index (χ0) is 21.1. The summed E-state index contributed by atoms with van der Waals surface area (Å²) in [6, 6.07) is 6.37. The van der Waals surface area contributed by atoms with E-state index in [1.165, 1.54) is 12.1 Å². The predicted molar refractivity (Wildman–Crippen MR) is 124 cm³/mol. The topological polar surface area (TPSA) is 108 Å². The highest BCUT2D eigenvalue weighted by Gasteiger charge is 2.19. The Morgan fingerprint density at radius 2 is 1.69 bits per heavy atom. The third kappa shape index (κ3) is 5.24. The van der Waals surface area contributed by atoms with E-state index in [9.17, 15) is 8.78 Å². The van der Waals surface area contributed by atoms with Crippen molar-refractivity contribution in [3.8, 4) is 0 Å². The smallest absolute Gasteiger partial charge is 0.150 e. The van der Waals surface area contributed by atoms with E-state index in [1.54, 1.807) is 29.2 Å². The van der Waals surface area contributed by atoms with Gasteiger partial charge in [0, 0.05) is 47.7 Å². The number of ether oxygens (including phenoxy) is 1. The summed E-state index contributed by atoms with van der Waals surface area (Å²) in [5, 5.41) is 12.6. The molecule has 32 heavy (non-hydrogen) atoms. The number of nitrogens with two attached hydrogens (primary N) is 2. The Labute approximate surface area is 191 Å². The number of hydrogen-bond donors (Lipinski definition) is 3. The van der Waals surface area contributed by atoms with Gasteiger partial charge in [0.15, 0.2) is 6.23 Å². The summed E-state index contributed by atoms with van der Waals surface area (Å²) in [5.74, 6) is -0.559. The van der Waals surface area contributed by atoms with Crippen molar-refractivity contribution in [1.29, 1.82) is 0 Å². The summed E-state index contributed by atoms with van der Waals surface area (Å²) in [6.45, 7) is 1.16. The zero-order valence-corrected chi connectivity index (χ0v) is 17.7. The Kier molecular flexibility index (Phi) is 9.09. The molecule has 1 aliphatic rings. The molecule has 1 unspecified atom stereocenters. The van der Waals surface area contributed by atoms with Crippen LogP contribution in [0.15, 0.2) is 36.7 Å². The van der Waals surface area contributed by atoms with Gasteiger partial charge in [-0.1, -0.05) is 7.43 Å². The monoisotopic (exact) mass is 466 g/mol. The van der Waals surface area contributed by atoms with Crippen molar-refractivity contribution in [1.82, 2.24) is 20.0 Å². The highest BCUT2D eigenvalue weighted by Crippen LogP contribution is 2.27. The molecule has 0 amide bonds. The Morgan fingerprint density at radius 1 is 1.00 bits per heavy atom. The SMILES string of the molecule is C.Cl.NCc1cc2cn[nH]c2cc1F.NCc1cc2cnn(C3CCCCO3)c2cc1F. The fraction of sp³-hybridized carbons (Fsp3) is 0.364. The first-order valence-corrected chi connectivity index (χ1v) is 9.89. The van der Waals surface area contributed by atoms with Crippen molar-refractivity contribution in [2.45, 2.75) is 46.0 Å². The number of aromatic amines is 1. The fourth-order valence-electron chi connectivity index (χ4n) is 3.59. The molecule has 1 saturated heterocycles. The van der Waals surface area contributed by atoms with Crippen LogP contribution in [0.25, 0.3) is 21.8 Å². The van der Waals surface area contributed by atoms with Gasteiger partial charge in [-0.25, -0.2) is 13.5 Å². The van der Waals surface area contributed by atoms with Gasteiger partial charge in [-0.3, -0.25) is 5.10 Å². The number of nitrogens with zero attached hydrogens (tertiary/aromatic N) is 3. The first kappa shape index (κ1) is 25.7. The number of hydrogen-bond acceptors (Lipinski definition) is 5. The number of rotatable bonds is 3. The molecule has 1 fully saturated rings. The number of H-pyrrole nitrogens is 1. The van der Waals surface area contributed by atoms with Crippen LogP contribution in [0.2, 0.25) is 0 Å². The van der Waals surface area contributed by atoms with Crippen LogP contribution in [0.1, 0.15) is 44.0 Å². The molecule has 0 radical (unpaired) electrons. The van der Waals surface area contributed by atoms with E-state index >= 15 is 0 Å². The second-order valence-electron chi connectivity index (χ2n) is 7.22. The van der Waals surface area contributed by atoms with Crippen LogP contribution < -0.4 is 11.5 Å². The molecule has 4 aromatic rings. The van der Waals surface area contributed by atoms with Crippen LogP contribution in [0.5, 0.6) is 0 Å². The molecule has 5 N–H and O–H groups in total. The number of nitrogens with one attached hydrogen (secondary N) is 1. The maximum Gasteiger partial charge on any atom is 0.150 e. The van der Waals surface area contributed by atoms with Crippen LogP contribution >= 0.6 is 12.4 Å². The molecule has 3 heterocycles. The zero-order valence-electron chi connectivity index (χ0n) is 16.9. The lowest BCUT2D eigenvalue weighted by Crippen LogP contribution is -2.19. The highest BCUT2D eigenvalue weighted by atomic mass is 35.5. The van der Waals surface area contributed by atoms with Gasteiger partial charge in [0.1, 0.15) is 11.6 Å². The van der Waals surface area contributed by atoms with Gasteiger partial charge in [-0.2, -0.15) is 10.2 Å². The molecule has 174 valence electrons. The molecule has 5 rings (SSSR count). The summed E-state index contributed by atoms with van der Waals surface area (Å²) in [5.41, 5.74) is 13.4. The molecule has 7 nitrogen and oxygen atoms in total. The molecule has 0 spiro atoms. The number of fused-ring (bicyclic) bond motifs is 2. The second kappa shape index (κ2) is 11.3. The van der Waals surface area contributed by atoms with E-state index in [0.29, 0.717) is 16.6 Å². The molecular weight excluding hydrogens is 438 g/mol. The summed E-state index contributed by atoms with van der Waals surface area (Å²) < 4.78 is 34.3. The molecule has 0 aliphatic carbocycles.